The number of para-hydroxylation sites is 3. The van der Waals surface area contributed by atoms with E-state index >= 15 is 0 Å². The number of anilines is 1. The summed E-state index contributed by atoms with van der Waals surface area (Å²) < 4.78 is 11.1. The van der Waals surface area contributed by atoms with Gasteiger partial charge in [0, 0.05) is 5.56 Å². The number of amides is 2. The zero-order valence-electron chi connectivity index (χ0n) is 15.5. The minimum Gasteiger partial charge on any atom is -0.496 e. The molecule has 0 radical (unpaired) electrons. The lowest BCUT2D eigenvalue weighted by Gasteiger charge is -2.19. The van der Waals surface area contributed by atoms with Gasteiger partial charge in [-0.15, -0.1) is 11.8 Å². The summed E-state index contributed by atoms with van der Waals surface area (Å²) in [5.41, 5.74) is 1.44. The molecule has 0 spiro atoms. The van der Waals surface area contributed by atoms with Gasteiger partial charge in [-0.25, -0.2) is 4.90 Å². The monoisotopic (exact) mass is 383 g/mol. The van der Waals surface area contributed by atoms with Crippen LogP contribution >= 0.6 is 11.8 Å². The van der Waals surface area contributed by atoms with Gasteiger partial charge in [-0.2, -0.15) is 0 Å². The topological polar surface area (TPSA) is 55.8 Å². The van der Waals surface area contributed by atoms with Crippen LogP contribution in [0.3, 0.4) is 0 Å². The van der Waals surface area contributed by atoms with Gasteiger partial charge in [-0.05, 0) is 30.9 Å². The largest absolute Gasteiger partial charge is 0.496 e. The van der Waals surface area contributed by atoms with Crippen molar-refractivity contribution in [3.05, 3.63) is 59.0 Å². The highest BCUT2D eigenvalue weighted by atomic mass is 32.2. The molecule has 2 amide bonds. The van der Waals surface area contributed by atoms with Gasteiger partial charge >= 0.3 is 0 Å². The maximum absolute atomic E-state index is 13.3. The number of thioether (sulfide) groups is 1. The van der Waals surface area contributed by atoms with Crippen LogP contribution in [-0.2, 0) is 9.59 Å². The number of hydrogen-bond acceptors (Lipinski definition) is 5. The quantitative estimate of drug-likeness (QED) is 0.673. The molecule has 0 fully saturated rings. The van der Waals surface area contributed by atoms with Crippen molar-refractivity contribution >= 4 is 34.8 Å². The Morgan fingerprint density at radius 1 is 0.926 bits per heavy atom. The highest BCUT2D eigenvalue weighted by Crippen LogP contribution is 2.43. The number of carbonyl (C=O) groups excluding carboxylic acids is 2. The Labute approximate surface area is 163 Å². The molecular formula is C21H21NO4S. The number of hydrogen-bond donors (Lipinski definition) is 0. The van der Waals surface area contributed by atoms with Crippen LogP contribution in [0.25, 0.3) is 5.57 Å². The molecule has 1 aliphatic rings. The van der Waals surface area contributed by atoms with Crippen LogP contribution in [0.1, 0.15) is 19.4 Å². The van der Waals surface area contributed by atoms with E-state index in [4.69, 9.17) is 9.47 Å². The molecule has 2 aromatic carbocycles. The summed E-state index contributed by atoms with van der Waals surface area (Å²) >= 11 is 1.36. The van der Waals surface area contributed by atoms with Crippen molar-refractivity contribution in [2.24, 2.45) is 0 Å². The zero-order valence-corrected chi connectivity index (χ0v) is 16.3. The molecule has 1 heterocycles. The van der Waals surface area contributed by atoms with Crippen LogP contribution in [0.4, 0.5) is 5.69 Å². The molecule has 0 aliphatic carbocycles. The lowest BCUT2D eigenvalue weighted by molar-refractivity contribution is -0.119. The highest BCUT2D eigenvalue weighted by molar-refractivity contribution is 8.04. The third-order valence-electron chi connectivity index (χ3n) is 4.11. The van der Waals surface area contributed by atoms with Crippen LogP contribution in [0.2, 0.25) is 0 Å². The summed E-state index contributed by atoms with van der Waals surface area (Å²) in [6.45, 7) is 4.25. The minimum absolute atomic E-state index is 0.333. The Balaban J connectivity index is 2.14. The summed E-state index contributed by atoms with van der Waals surface area (Å²) in [5, 5.41) is 0. The van der Waals surface area contributed by atoms with E-state index in [1.807, 2.05) is 32.0 Å². The predicted molar refractivity (Wildman–Crippen MR) is 108 cm³/mol. The number of carbonyl (C=O) groups is 2. The van der Waals surface area contributed by atoms with Gasteiger partial charge in [0.25, 0.3) is 11.8 Å². The van der Waals surface area contributed by atoms with Crippen molar-refractivity contribution in [1.29, 1.82) is 0 Å². The van der Waals surface area contributed by atoms with Gasteiger partial charge in [0.15, 0.2) is 0 Å². The molecule has 1 aliphatic heterocycles. The molecule has 0 saturated heterocycles. The number of methoxy groups -OCH3 is 1. The molecule has 5 nitrogen and oxygen atoms in total. The maximum atomic E-state index is 13.3. The molecule has 3 rings (SSSR count). The smallest absolute Gasteiger partial charge is 0.272 e. The van der Waals surface area contributed by atoms with Crippen molar-refractivity contribution in [3.8, 4) is 11.5 Å². The highest BCUT2D eigenvalue weighted by Gasteiger charge is 2.41. The second kappa shape index (κ2) is 8.31. The Morgan fingerprint density at radius 3 is 2.26 bits per heavy atom. The standard InChI is InChI=1S/C21H21NO4S/c1-4-26-17-13-9-7-11-15(17)22-20(23)18(19(21(22)24)27-5-2)14-10-6-8-12-16(14)25-3/h6-13H,4-5H2,1-3H3. The van der Waals surface area contributed by atoms with Crippen LogP contribution in [0, 0.1) is 0 Å². The van der Waals surface area contributed by atoms with Gasteiger partial charge in [0.1, 0.15) is 11.5 Å². The fourth-order valence-corrected chi connectivity index (χ4v) is 3.86. The first-order valence-corrected chi connectivity index (χ1v) is 9.73. The molecule has 0 unspecified atom stereocenters. The average Bonchev–Trinajstić information content (AvgIpc) is 2.93. The molecule has 0 aromatic heterocycles. The molecule has 6 heteroatoms. The third-order valence-corrected chi connectivity index (χ3v) is 5.07. The van der Waals surface area contributed by atoms with Crippen molar-refractivity contribution in [1.82, 2.24) is 0 Å². The molecular weight excluding hydrogens is 362 g/mol. The Kier molecular flexibility index (Phi) is 5.86. The van der Waals surface area contributed by atoms with Crippen LogP contribution in [0.15, 0.2) is 53.4 Å². The fraction of sp³-hybridized carbons (Fsp3) is 0.238. The Bertz CT molecular complexity index is 907. The first kappa shape index (κ1) is 19.0. The summed E-state index contributed by atoms with van der Waals surface area (Å²) in [7, 11) is 1.55. The lowest BCUT2D eigenvalue weighted by atomic mass is 10.0. The fourth-order valence-electron chi connectivity index (χ4n) is 3.01. The van der Waals surface area contributed by atoms with Crippen LogP contribution < -0.4 is 14.4 Å². The molecule has 0 saturated carbocycles. The summed E-state index contributed by atoms with van der Waals surface area (Å²) in [6, 6.07) is 14.3. The predicted octanol–water partition coefficient (Wildman–Crippen LogP) is 4.13. The number of rotatable bonds is 7. The Hall–Kier alpha value is -2.73. The third kappa shape index (κ3) is 3.45. The van der Waals surface area contributed by atoms with Gasteiger partial charge < -0.3 is 9.47 Å². The van der Waals surface area contributed by atoms with Gasteiger partial charge in [-0.1, -0.05) is 37.3 Å². The van der Waals surface area contributed by atoms with E-state index in [0.29, 0.717) is 45.6 Å². The van der Waals surface area contributed by atoms with Gasteiger partial charge in [-0.3, -0.25) is 9.59 Å². The van der Waals surface area contributed by atoms with Crippen molar-refractivity contribution in [2.75, 3.05) is 24.4 Å². The van der Waals surface area contributed by atoms with E-state index in [9.17, 15) is 9.59 Å². The molecule has 0 N–H and O–H groups in total. The number of nitrogens with zero attached hydrogens (tertiary/aromatic N) is 1. The first-order chi connectivity index (χ1) is 13.1. The van der Waals surface area contributed by atoms with E-state index in [-0.39, 0.29) is 11.8 Å². The number of ether oxygens (including phenoxy) is 2. The van der Waals surface area contributed by atoms with Crippen molar-refractivity contribution in [2.45, 2.75) is 13.8 Å². The number of imide groups is 1. The van der Waals surface area contributed by atoms with Crippen LogP contribution in [-0.4, -0.2) is 31.3 Å². The summed E-state index contributed by atoms with van der Waals surface area (Å²) in [4.78, 5) is 28.2. The SMILES string of the molecule is CCOc1ccccc1N1C(=O)C(SCC)=C(c2ccccc2OC)C1=O. The second-order valence-electron chi connectivity index (χ2n) is 5.68. The van der Waals surface area contributed by atoms with Crippen molar-refractivity contribution in [3.63, 3.8) is 0 Å². The zero-order chi connectivity index (χ0) is 19.4. The molecule has 27 heavy (non-hydrogen) atoms. The molecule has 0 bridgehead atoms. The normalized spacial score (nSPS) is 14.1. The average molecular weight is 383 g/mol. The molecule has 0 atom stereocenters. The van der Waals surface area contributed by atoms with E-state index in [0.717, 1.165) is 0 Å². The first-order valence-electron chi connectivity index (χ1n) is 8.75. The lowest BCUT2D eigenvalue weighted by Crippen LogP contribution is -2.31. The second-order valence-corrected chi connectivity index (χ2v) is 6.96. The number of benzene rings is 2. The maximum Gasteiger partial charge on any atom is 0.272 e. The van der Waals surface area contributed by atoms with Gasteiger partial charge in [0.2, 0.25) is 0 Å². The molecule has 2 aromatic rings. The minimum atomic E-state index is -0.368. The van der Waals surface area contributed by atoms with E-state index in [2.05, 4.69) is 0 Å². The van der Waals surface area contributed by atoms with E-state index in [1.54, 1.807) is 37.4 Å². The van der Waals surface area contributed by atoms with E-state index < -0.39 is 0 Å². The molecule has 140 valence electrons. The van der Waals surface area contributed by atoms with Crippen molar-refractivity contribution < 1.29 is 19.1 Å². The summed E-state index contributed by atoms with van der Waals surface area (Å²) in [6.07, 6.45) is 0. The van der Waals surface area contributed by atoms with Crippen LogP contribution in [0.5, 0.6) is 11.5 Å². The Morgan fingerprint density at radius 2 is 1.59 bits per heavy atom. The summed E-state index contributed by atoms with van der Waals surface area (Å²) in [5.74, 6) is 1.03. The van der Waals surface area contributed by atoms with Gasteiger partial charge in [0.05, 0.1) is 29.9 Å². The van der Waals surface area contributed by atoms with E-state index in [1.165, 1.54) is 16.7 Å².